The van der Waals surface area contributed by atoms with E-state index in [1.165, 1.54) is 36.4 Å². The zero-order valence-corrected chi connectivity index (χ0v) is 24.9. The number of carbonyl (C=O) groups excluding carboxylic acids is 3. The molecule has 2 amide bonds. The quantitative estimate of drug-likeness (QED) is 0.313. The monoisotopic (exact) mass is 631 g/mol. The maximum absolute atomic E-state index is 13.4. The van der Waals surface area contributed by atoms with E-state index in [0.29, 0.717) is 12.0 Å². The van der Waals surface area contributed by atoms with Crippen LogP contribution in [0.2, 0.25) is 0 Å². The van der Waals surface area contributed by atoms with Gasteiger partial charge in [0.1, 0.15) is 12.1 Å². The zero-order chi connectivity index (χ0) is 32.1. The summed E-state index contributed by atoms with van der Waals surface area (Å²) in [7, 11) is -3.96. The van der Waals surface area contributed by atoms with E-state index >= 15 is 0 Å². The number of alkyl halides is 3. The van der Waals surface area contributed by atoms with Crippen LogP contribution in [0, 0.1) is 6.92 Å². The van der Waals surface area contributed by atoms with Crippen LogP contribution in [0.15, 0.2) is 77.7 Å². The molecular formula is C31H32F3N3O6S. The maximum atomic E-state index is 13.4. The molecule has 0 unspecified atom stereocenters. The largest absolute Gasteiger partial charge is 0.464 e. The predicted molar refractivity (Wildman–Crippen MR) is 156 cm³/mol. The number of halogens is 3. The van der Waals surface area contributed by atoms with E-state index in [2.05, 4.69) is 10.6 Å². The average molecular weight is 632 g/mol. The van der Waals surface area contributed by atoms with Crippen LogP contribution in [0.5, 0.6) is 0 Å². The molecule has 0 saturated carbocycles. The number of esters is 1. The smallest absolute Gasteiger partial charge is 0.417 e. The fourth-order valence-electron chi connectivity index (χ4n) is 4.93. The molecule has 0 aromatic heterocycles. The number of nitrogens with zero attached hydrogens (tertiary/aromatic N) is 1. The Morgan fingerprint density at radius 2 is 1.66 bits per heavy atom. The first-order valence-electron chi connectivity index (χ1n) is 13.9. The molecule has 0 spiro atoms. The van der Waals surface area contributed by atoms with Crippen LogP contribution in [-0.2, 0) is 36.9 Å². The van der Waals surface area contributed by atoms with Crippen molar-refractivity contribution in [3.63, 3.8) is 0 Å². The topological polar surface area (TPSA) is 122 Å². The molecule has 1 heterocycles. The van der Waals surface area contributed by atoms with Gasteiger partial charge in [0.05, 0.1) is 22.6 Å². The van der Waals surface area contributed by atoms with Gasteiger partial charge in [0.2, 0.25) is 15.9 Å². The molecular weight excluding hydrogens is 599 g/mol. The van der Waals surface area contributed by atoms with Crippen molar-refractivity contribution < 1.29 is 40.7 Å². The number of aryl methyl sites for hydroxylation is 1. The predicted octanol–water partition coefficient (Wildman–Crippen LogP) is 4.71. The highest BCUT2D eigenvalue weighted by Crippen LogP contribution is 2.32. The van der Waals surface area contributed by atoms with Gasteiger partial charge in [0.25, 0.3) is 5.91 Å². The molecule has 4 rings (SSSR count). The van der Waals surface area contributed by atoms with Gasteiger partial charge in [-0.15, -0.1) is 0 Å². The summed E-state index contributed by atoms with van der Waals surface area (Å²) in [6.45, 7) is 3.64. The first-order chi connectivity index (χ1) is 20.8. The number of anilines is 1. The van der Waals surface area contributed by atoms with Crippen molar-refractivity contribution in [1.82, 2.24) is 9.62 Å². The molecule has 3 aromatic carbocycles. The second-order valence-corrected chi connectivity index (χ2v) is 12.2. The lowest BCUT2D eigenvalue weighted by Gasteiger charge is -2.25. The van der Waals surface area contributed by atoms with Crippen LogP contribution in [0.25, 0.3) is 0 Å². The Hall–Kier alpha value is -4.23. The standard InChI is InChI=1S/C31H32F3N3O6S/c1-3-43-30(40)26(36-29(39)27-9-6-18-37(27)44(41,42)23-16-10-20(2)11-17-23)19-21-12-14-22(15-13-21)35-28(38)24-7-4-5-8-25(24)31(32,33)34/h4-5,7-8,10-17,26-27H,3,6,9,18-19H2,1-2H3,(H,35,38)(H,36,39)/t26-,27-/m0/s1. The number of nitrogens with one attached hydrogen (secondary N) is 2. The van der Waals surface area contributed by atoms with E-state index in [9.17, 15) is 36.0 Å². The Morgan fingerprint density at radius 1 is 1.00 bits per heavy atom. The van der Waals surface area contributed by atoms with Crippen LogP contribution in [0.4, 0.5) is 18.9 Å². The van der Waals surface area contributed by atoms with E-state index < -0.39 is 57.2 Å². The summed E-state index contributed by atoms with van der Waals surface area (Å²) in [5.41, 5.74) is 0.0660. The average Bonchev–Trinajstić information content (AvgIpc) is 3.49. The van der Waals surface area contributed by atoms with Gasteiger partial charge in [-0.25, -0.2) is 13.2 Å². The fourth-order valence-corrected chi connectivity index (χ4v) is 6.58. The highest BCUT2D eigenvalue weighted by atomic mass is 32.2. The number of hydrogen-bond acceptors (Lipinski definition) is 6. The van der Waals surface area contributed by atoms with E-state index in [1.807, 2.05) is 6.92 Å². The molecule has 1 fully saturated rings. The van der Waals surface area contributed by atoms with Crippen molar-refractivity contribution in [3.8, 4) is 0 Å². The van der Waals surface area contributed by atoms with Crippen molar-refractivity contribution in [2.45, 2.75) is 56.3 Å². The number of hydrogen-bond donors (Lipinski definition) is 2. The van der Waals surface area contributed by atoms with Gasteiger partial charge in [0, 0.05) is 18.7 Å². The number of rotatable bonds is 10. The molecule has 1 aliphatic rings. The highest BCUT2D eigenvalue weighted by Gasteiger charge is 2.40. The molecule has 2 N–H and O–H groups in total. The summed E-state index contributed by atoms with van der Waals surface area (Å²) in [6.07, 6.45) is -3.98. The first-order valence-corrected chi connectivity index (χ1v) is 15.4. The molecule has 0 radical (unpaired) electrons. The summed E-state index contributed by atoms with van der Waals surface area (Å²) in [5.74, 6) is -2.29. The van der Waals surface area contributed by atoms with Crippen molar-refractivity contribution in [2.24, 2.45) is 0 Å². The van der Waals surface area contributed by atoms with E-state index in [1.54, 1.807) is 31.2 Å². The third-order valence-corrected chi connectivity index (χ3v) is 9.07. The molecule has 44 heavy (non-hydrogen) atoms. The highest BCUT2D eigenvalue weighted by molar-refractivity contribution is 7.89. The normalized spacial score (nSPS) is 16.2. The summed E-state index contributed by atoms with van der Waals surface area (Å²) in [4.78, 5) is 38.8. The number of sulfonamides is 1. The van der Waals surface area contributed by atoms with Crippen LogP contribution >= 0.6 is 0 Å². The minimum atomic E-state index is -4.70. The Kier molecular flexibility index (Phi) is 10.1. The third kappa shape index (κ3) is 7.64. The number of benzene rings is 3. The van der Waals surface area contributed by atoms with E-state index in [-0.39, 0.29) is 36.6 Å². The van der Waals surface area contributed by atoms with Gasteiger partial charge >= 0.3 is 12.1 Å². The molecule has 13 heteroatoms. The number of carbonyl (C=O) groups is 3. The fraction of sp³-hybridized carbons (Fsp3) is 0.323. The summed E-state index contributed by atoms with van der Waals surface area (Å²) in [5, 5.41) is 5.08. The summed E-state index contributed by atoms with van der Waals surface area (Å²) < 4.78 is 72.9. The summed E-state index contributed by atoms with van der Waals surface area (Å²) >= 11 is 0. The Balaban J connectivity index is 1.46. The van der Waals surface area contributed by atoms with Gasteiger partial charge in [-0.1, -0.05) is 42.0 Å². The molecule has 0 aliphatic carbocycles. The van der Waals surface area contributed by atoms with Crippen molar-refractivity contribution >= 4 is 33.5 Å². The van der Waals surface area contributed by atoms with Crippen LogP contribution in [0.3, 0.4) is 0 Å². The van der Waals surface area contributed by atoms with Crippen LogP contribution in [0.1, 0.15) is 46.8 Å². The minimum Gasteiger partial charge on any atom is -0.464 e. The second-order valence-electron chi connectivity index (χ2n) is 10.3. The Labute approximate surface area is 253 Å². The molecule has 1 aliphatic heterocycles. The minimum absolute atomic E-state index is 0.0207. The van der Waals surface area contributed by atoms with Gasteiger partial charge in [0.15, 0.2) is 0 Å². The van der Waals surface area contributed by atoms with Crippen LogP contribution in [-0.4, -0.2) is 55.7 Å². The molecule has 234 valence electrons. The zero-order valence-electron chi connectivity index (χ0n) is 24.1. The van der Waals surface area contributed by atoms with Crippen molar-refractivity contribution in [3.05, 3.63) is 95.1 Å². The van der Waals surface area contributed by atoms with Gasteiger partial charge in [-0.3, -0.25) is 9.59 Å². The van der Waals surface area contributed by atoms with E-state index in [0.717, 1.165) is 22.0 Å². The van der Waals surface area contributed by atoms with Crippen molar-refractivity contribution in [1.29, 1.82) is 0 Å². The van der Waals surface area contributed by atoms with Gasteiger partial charge < -0.3 is 15.4 Å². The molecule has 3 aromatic rings. The lowest BCUT2D eigenvalue weighted by molar-refractivity contribution is -0.147. The molecule has 1 saturated heterocycles. The molecule has 0 bridgehead atoms. The summed E-state index contributed by atoms with van der Waals surface area (Å²) in [6, 6.07) is 14.6. The van der Waals surface area contributed by atoms with E-state index in [4.69, 9.17) is 4.74 Å². The first kappa shape index (κ1) is 32.7. The maximum Gasteiger partial charge on any atom is 0.417 e. The third-order valence-electron chi connectivity index (χ3n) is 7.15. The van der Waals surface area contributed by atoms with Crippen LogP contribution < -0.4 is 10.6 Å². The molecule has 2 atom stereocenters. The van der Waals surface area contributed by atoms with Gasteiger partial charge in [-0.05, 0) is 68.7 Å². The molecule has 9 nitrogen and oxygen atoms in total. The van der Waals surface area contributed by atoms with Crippen molar-refractivity contribution in [2.75, 3.05) is 18.5 Å². The number of ether oxygens (including phenoxy) is 1. The lowest BCUT2D eigenvalue weighted by Crippen LogP contribution is -2.51. The SMILES string of the molecule is CCOC(=O)[C@H](Cc1ccc(NC(=O)c2ccccc2C(F)(F)F)cc1)NC(=O)[C@@H]1CCCN1S(=O)(=O)c1ccc(C)cc1. The second kappa shape index (κ2) is 13.6. The van der Waals surface area contributed by atoms with Gasteiger partial charge in [-0.2, -0.15) is 17.5 Å². The number of amides is 2. The Bertz CT molecular complexity index is 1610. The Morgan fingerprint density at radius 3 is 2.30 bits per heavy atom. The lowest BCUT2D eigenvalue weighted by atomic mass is 10.0.